The summed E-state index contributed by atoms with van der Waals surface area (Å²) in [5.74, 6) is 0.751. The normalized spacial score (nSPS) is 15.9. The van der Waals surface area contributed by atoms with Crippen molar-refractivity contribution in [1.82, 2.24) is 10.6 Å². The second-order valence-electron chi connectivity index (χ2n) is 4.62. The second kappa shape index (κ2) is 6.04. The van der Waals surface area contributed by atoms with Crippen molar-refractivity contribution in [3.8, 4) is 5.75 Å². The van der Waals surface area contributed by atoms with Gasteiger partial charge in [0.2, 0.25) is 0 Å². The van der Waals surface area contributed by atoms with E-state index in [0.717, 1.165) is 30.1 Å². The Balaban J connectivity index is 2.26. The van der Waals surface area contributed by atoms with Crippen LogP contribution in [0.1, 0.15) is 18.5 Å². The molecule has 0 saturated heterocycles. The quantitative estimate of drug-likeness (QED) is 0.829. The van der Waals surface area contributed by atoms with Crippen LogP contribution in [0.25, 0.3) is 0 Å². The van der Waals surface area contributed by atoms with Crippen molar-refractivity contribution >= 4 is 11.6 Å². The van der Waals surface area contributed by atoms with Crippen LogP contribution < -0.4 is 20.3 Å². The number of anilines is 1. The highest BCUT2D eigenvalue weighted by Gasteiger charge is 2.23. The fourth-order valence-corrected chi connectivity index (χ4v) is 2.18. The van der Waals surface area contributed by atoms with Gasteiger partial charge in [-0.3, -0.25) is 4.79 Å². The predicted molar refractivity (Wildman–Crippen MR) is 75.7 cm³/mol. The van der Waals surface area contributed by atoms with E-state index >= 15 is 0 Å². The van der Waals surface area contributed by atoms with E-state index in [2.05, 4.69) is 17.6 Å². The Morgan fingerprint density at radius 3 is 2.95 bits per heavy atom. The van der Waals surface area contributed by atoms with Crippen LogP contribution in [0, 0.1) is 0 Å². The van der Waals surface area contributed by atoms with Gasteiger partial charge in [0.1, 0.15) is 5.75 Å². The van der Waals surface area contributed by atoms with Crippen LogP contribution >= 0.6 is 0 Å². The van der Waals surface area contributed by atoms with E-state index < -0.39 is 0 Å². The van der Waals surface area contributed by atoms with E-state index in [9.17, 15) is 4.79 Å². The van der Waals surface area contributed by atoms with Gasteiger partial charge in [-0.05, 0) is 31.3 Å². The number of fused-ring (bicyclic) bond motifs is 1. The fourth-order valence-electron chi connectivity index (χ4n) is 2.18. The summed E-state index contributed by atoms with van der Waals surface area (Å²) >= 11 is 0. The van der Waals surface area contributed by atoms with Gasteiger partial charge in [0, 0.05) is 19.6 Å². The number of nitrogens with one attached hydrogen (secondary N) is 2. The minimum absolute atomic E-state index is 0.0164. The van der Waals surface area contributed by atoms with Gasteiger partial charge < -0.3 is 20.3 Å². The number of ether oxygens (including phenoxy) is 1. The van der Waals surface area contributed by atoms with Crippen molar-refractivity contribution in [3.05, 3.63) is 23.8 Å². The molecule has 2 rings (SSSR count). The summed E-state index contributed by atoms with van der Waals surface area (Å²) in [4.78, 5) is 13.3. The van der Waals surface area contributed by atoms with Crippen LogP contribution in [0.2, 0.25) is 0 Å². The molecule has 0 saturated carbocycles. The van der Waals surface area contributed by atoms with Crippen molar-refractivity contribution in [2.75, 3.05) is 38.7 Å². The van der Waals surface area contributed by atoms with Crippen LogP contribution in [0.3, 0.4) is 0 Å². The zero-order chi connectivity index (χ0) is 13.8. The van der Waals surface area contributed by atoms with Crippen LogP contribution in [-0.2, 0) is 4.79 Å². The van der Waals surface area contributed by atoms with Crippen molar-refractivity contribution in [3.63, 3.8) is 0 Å². The summed E-state index contributed by atoms with van der Waals surface area (Å²) in [5.41, 5.74) is 1.98. The zero-order valence-corrected chi connectivity index (χ0v) is 11.7. The van der Waals surface area contributed by atoms with Gasteiger partial charge in [0.05, 0.1) is 5.69 Å². The van der Waals surface area contributed by atoms with E-state index in [4.69, 9.17) is 4.74 Å². The molecule has 1 aromatic carbocycles. The Kier molecular flexibility index (Phi) is 4.39. The lowest BCUT2D eigenvalue weighted by atomic mass is 10.0. The third-order valence-electron chi connectivity index (χ3n) is 3.42. The lowest BCUT2D eigenvalue weighted by molar-refractivity contribution is -0.120. The highest BCUT2D eigenvalue weighted by Crippen LogP contribution is 2.33. The number of carbonyl (C=O) groups excluding carboxylic acids is 1. The van der Waals surface area contributed by atoms with Crippen LogP contribution in [0.15, 0.2) is 18.2 Å². The third-order valence-corrected chi connectivity index (χ3v) is 3.42. The molecule has 0 aromatic heterocycles. The van der Waals surface area contributed by atoms with Gasteiger partial charge in [-0.15, -0.1) is 0 Å². The lowest BCUT2D eigenvalue weighted by Crippen LogP contribution is -2.36. The molecule has 5 heteroatoms. The number of amides is 1. The van der Waals surface area contributed by atoms with Crippen molar-refractivity contribution < 1.29 is 9.53 Å². The minimum Gasteiger partial charge on any atom is -0.482 e. The predicted octanol–water partition coefficient (Wildman–Crippen LogP) is 0.912. The monoisotopic (exact) mass is 263 g/mol. The van der Waals surface area contributed by atoms with Gasteiger partial charge in [-0.2, -0.15) is 0 Å². The summed E-state index contributed by atoms with van der Waals surface area (Å²) in [6, 6.07) is 6.21. The summed E-state index contributed by atoms with van der Waals surface area (Å²) < 4.78 is 5.43. The minimum atomic E-state index is -0.0164. The molecule has 0 bridgehead atoms. The number of benzene rings is 1. The maximum Gasteiger partial charge on any atom is 0.264 e. The molecule has 1 aliphatic heterocycles. The molecule has 2 N–H and O–H groups in total. The SMILES string of the molecule is CCNCC(NC)c1ccc2c(c1)N(C)C(=O)CO2. The molecular formula is C14H21N3O2. The largest absolute Gasteiger partial charge is 0.482 e. The van der Waals surface area contributed by atoms with E-state index in [1.54, 1.807) is 11.9 Å². The van der Waals surface area contributed by atoms with Crippen molar-refractivity contribution in [2.45, 2.75) is 13.0 Å². The molecule has 0 spiro atoms. The van der Waals surface area contributed by atoms with Crippen LogP contribution in [0.5, 0.6) is 5.75 Å². The Labute approximate surface area is 113 Å². The smallest absolute Gasteiger partial charge is 0.264 e. The van der Waals surface area contributed by atoms with Gasteiger partial charge in [-0.1, -0.05) is 13.0 Å². The molecule has 1 unspecified atom stereocenters. The highest BCUT2D eigenvalue weighted by atomic mass is 16.5. The molecule has 0 fully saturated rings. The molecule has 104 valence electrons. The number of hydrogen-bond donors (Lipinski definition) is 2. The molecule has 1 aliphatic rings. The Morgan fingerprint density at radius 1 is 1.47 bits per heavy atom. The summed E-state index contributed by atoms with van der Waals surface area (Å²) in [7, 11) is 3.72. The Morgan fingerprint density at radius 2 is 2.26 bits per heavy atom. The molecule has 1 atom stereocenters. The highest BCUT2D eigenvalue weighted by molar-refractivity contribution is 5.97. The fraction of sp³-hybridized carbons (Fsp3) is 0.500. The Hall–Kier alpha value is -1.59. The van der Waals surface area contributed by atoms with E-state index in [-0.39, 0.29) is 18.6 Å². The first-order valence-corrected chi connectivity index (χ1v) is 6.58. The first kappa shape index (κ1) is 13.8. The maximum absolute atomic E-state index is 11.7. The van der Waals surface area contributed by atoms with E-state index in [1.807, 2.05) is 25.2 Å². The maximum atomic E-state index is 11.7. The zero-order valence-electron chi connectivity index (χ0n) is 11.7. The lowest BCUT2D eigenvalue weighted by Gasteiger charge is -2.27. The molecular weight excluding hydrogens is 242 g/mol. The standard InChI is InChI=1S/C14H21N3O2/c1-4-16-8-11(15-2)10-5-6-13-12(7-10)17(3)14(18)9-19-13/h5-7,11,15-16H,4,8-9H2,1-3H3. The number of carbonyl (C=O) groups is 1. The molecule has 5 nitrogen and oxygen atoms in total. The summed E-state index contributed by atoms with van der Waals surface area (Å²) in [6.07, 6.45) is 0. The average Bonchev–Trinajstić information content (AvgIpc) is 2.44. The number of nitrogens with zero attached hydrogens (tertiary/aromatic N) is 1. The first-order valence-electron chi connectivity index (χ1n) is 6.58. The van der Waals surface area contributed by atoms with Gasteiger partial charge >= 0.3 is 0 Å². The number of likely N-dealkylation sites (N-methyl/N-ethyl adjacent to an activating group) is 3. The average molecular weight is 263 g/mol. The van der Waals surface area contributed by atoms with Crippen molar-refractivity contribution in [1.29, 1.82) is 0 Å². The topological polar surface area (TPSA) is 53.6 Å². The van der Waals surface area contributed by atoms with Gasteiger partial charge in [-0.25, -0.2) is 0 Å². The molecule has 1 heterocycles. The molecule has 0 radical (unpaired) electrons. The molecule has 1 amide bonds. The Bertz CT molecular complexity index is 462. The first-order chi connectivity index (χ1) is 9.17. The van der Waals surface area contributed by atoms with E-state index in [0.29, 0.717) is 0 Å². The van der Waals surface area contributed by atoms with Crippen LogP contribution in [-0.4, -0.2) is 39.7 Å². The second-order valence-corrected chi connectivity index (χ2v) is 4.62. The summed E-state index contributed by atoms with van der Waals surface area (Å²) in [6.45, 7) is 3.99. The van der Waals surface area contributed by atoms with Crippen LogP contribution in [0.4, 0.5) is 5.69 Å². The van der Waals surface area contributed by atoms with E-state index in [1.165, 1.54) is 0 Å². The summed E-state index contributed by atoms with van der Waals surface area (Å²) in [5, 5.41) is 6.60. The number of rotatable bonds is 5. The molecule has 19 heavy (non-hydrogen) atoms. The number of hydrogen-bond acceptors (Lipinski definition) is 4. The molecule has 0 aliphatic carbocycles. The third kappa shape index (κ3) is 2.88. The van der Waals surface area contributed by atoms with Crippen molar-refractivity contribution in [2.24, 2.45) is 0 Å². The van der Waals surface area contributed by atoms with Gasteiger partial charge in [0.25, 0.3) is 5.91 Å². The molecule has 1 aromatic rings. The van der Waals surface area contributed by atoms with Gasteiger partial charge in [0.15, 0.2) is 6.61 Å².